The van der Waals surface area contributed by atoms with E-state index in [9.17, 15) is 14.0 Å². The topological polar surface area (TPSA) is 66.4 Å². The predicted octanol–water partition coefficient (Wildman–Crippen LogP) is 3.01. The summed E-state index contributed by atoms with van der Waals surface area (Å²) in [4.78, 5) is 22.9. The molecule has 1 rings (SSSR count). The molecule has 1 amide bonds. The van der Waals surface area contributed by atoms with Gasteiger partial charge in [-0.25, -0.2) is 4.39 Å². The molecule has 0 spiro atoms. The van der Waals surface area contributed by atoms with E-state index < -0.39 is 11.4 Å². The smallest absolute Gasteiger partial charge is 0.309 e. The standard InChI is InChI=1S/C17H24FNO3/c1-12(7-8-13-5-4-6-14(18)11-13)15(20)19-10-9-17(2,3)16(21)22/h4-6,11-12H,7-10H2,1-3H3,(H,19,20)(H,21,22). The first-order chi connectivity index (χ1) is 10.2. The summed E-state index contributed by atoms with van der Waals surface area (Å²) in [5.41, 5.74) is 0.0182. The number of benzene rings is 1. The molecule has 0 radical (unpaired) electrons. The van der Waals surface area contributed by atoms with Crippen LogP contribution in [0.1, 0.15) is 39.2 Å². The van der Waals surface area contributed by atoms with E-state index in [-0.39, 0.29) is 17.6 Å². The van der Waals surface area contributed by atoms with Crippen molar-refractivity contribution in [2.24, 2.45) is 11.3 Å². The van der Waals surface area contributed by atoms with Crippen LogP contribution in [-0.2, 0) is 16.0 Å². The number of carbonyl (C=O) groups excluding carboxylic acids is 1. The zero-order chi connectivity index (χ0) is 16.8. The molecule has 0 aliphatic heterocycles. The van der Waals surface area contributed by atoms with Gasteiger partial charge in [0.05, 0.1) is 5.41 Å². The SMILES string of the molecule is CC(CCc1cccc(F)c1)C(=O)NCCC(C)(C)C(=O)O. The second-order valence-corrected chi connectivity index (χ2v) is 6.30. The summed E-state index contributed by atoms with van der Waals surface area (Å²) in [6, 6.07) is 6.36. The molecule has 0 fully saturated rings. The molecule has 0 heterocycles. The lowest BCUT2D eigenvalue weighted by Gasteiger charge is -2.20. The van der Waals surface area contributed by atoms with Gasteiger partial charge in [-0.2, -0.15) is 0 Å². The van der Waals surface area contributed by atoms with Gasteiger partial charge in [-0.3, -0.25) is 9.59 Å². The minimum absolute atomic E-state index is 0.0995. The highest BCUT2D eigenvalue weighted by Gasteiger charge is 2.26. The molecular weight excluding hydrogens is 285 g/mol. The third-order valence-electron chi connectivity index (χ3n) is 3.83. The van der Waals surface area contributed by atoms with E-state index >= 15 is 0 Å². The highest BCUT2D eigenvalue weighted by atomic mass is 19.1. The van der Waals surface area contributed by atoms with E-state index in [4.69, 9.17) is 5.11 Å². The number of carboxylic acid groups (broad SMARTS) is 1. The van der Waals surface area contributed by atoms with Gasteiger partial charge in [0.2, 0.25) is 5.91 Å². The maximum atomic E-state index is 13.1. The Kier molecular flexibility index (Phi) is 6.53. The van der Waals surface area contributed by atoms with Crippen LogP contribution in [0.5, 0.6) is 0 Å². The second-order valence-electron chi connectivity index (χ2n) is 6.30. The van der Waals surface area contributed by atoms with Gasteiger partial charge in [-0.05, 0) is 50.8 Å². The molecule has 5 heteroatoms. The van der Waals surface area contributed by atoms with Gasteiger partial charge in [-0.15, -0.1) is 0 Å². The molecular formula is C17H24FNO3. The van der Waals surface area contributed by atoms with Gasteiger partial charge < -0.3 is 10.4 Å². The Morgan fingerprint density at radius 1 is 1.36 bits per heavy atom. The minimum Gasteiger partial charge on any atom is -0.481 e. The van der Waals surface area contributed by atoms with Crippen LogP contribution in [0.25, 0.3) is 0 Å². The molecule has 4 nitrogen and oxygen atoms in total. The Morgan fingerprint density at radius 2 is 2.05 bits per heavy atom. The normalized spacial score (nSPS) is 12.7. The Bertz CT molecular complexity index is 528. The maximum Gasteiger partial charge on any atom is 0.309 e. The lowest BCUT2D eigenvalue weighted by Crippen LogP contribution is -2.34. The molecule has 1 aromatic carbocycles. The average Bonchev–Trinajstić information content (AvgIpc) is 2.44. The van der Waals surface area contributed by atoms with Crippen molar-refractivity contribution in [3.8, 4) is 0 Å². The first kappa shape index (κ1) is 18.1. The summed E-state index contributed by atoms with van der Waals surface area (Å²) in [5, 5.41) is 11.8. The molecule has 0 saturated carbocycles. The average molecular weight is 309 g/mol. The van der Waals surface area contributed by atoms with Crippen molar-refractivity contribution >= 4 is 11.9 Å². The summed E-state index contributed by atoms with van der Waals surface area (Å²) >= 11 is 0. The lowest BCUT2D eigenvalue weighted by atomic mass is 9.89. The monoisotopic (exact) mass is 309 g/mol. The fraction of sp³-hybridized carbons (Fsp3) is 0.529. The summed E-state index contributed by atoms with van der Waals surface area (Å²) in [6.07, 6.45) is 1.63. The Hall–Kier alpha value is -1.91. The molecule has 1 atom stereocenters. The molecule has 122 valence electrons. The summed E-state index contributed by atoms with van der Waals surface area (Å²) in [5.74, 6) is -1.44. The van der Waals surface area contributed by atoms with Crippen molar-refractivity contribution < 1.29 is 19.1 Å². The van der Waals surface area contributed by atoms with Gasteiger partial charge in [0.15, 0.2) is 0 Å². The number of hydrogen-bond donors (Lipinski definition) is 2. The third kappa shape index (κ3) is 5.84. The van der Waals surface area contributed by atoms with Crippen LogP contribution in [0, 0.1) is 17.2 Å². The molecule has 0 saturated heterocycles. The van der Waals surface area contributed by atoms with Crippen LogP contribution in [-0.4, -0.2) is 23.5 Å². The highest BCUT2D eigenvalue weighted by molar-refractivity contribution is 5.78. The van der Waals surface area contributed by atoms with Crippen LogP contribution in [0.15, 0.2) is 24.3 Å². The largest absolute Gasteiger partial charge is 0.481 e. The van der Waals surface area contributed by atoms with Crippen molar-refractivity contribution in [2.75, 3.05) is 6.54 Å². The molecule has 0 aliphatic carbocycles. The molecule has 1 unspecified atom stereocenters. The number of carboxylic acids is 1. The Labute approximate surface area is 130 Å². The van der Waals surface area contributed by atoms with Crippen LogP contribution < -0.4 is 5.32 Å². The zero-order valence-electron chi connectivity index (χ0n) is 13.4. The number of aryl methyl sites for hydroxylation is 1. The van der Waals surface area contributed by atoms with E-state index in [2.05, 4.69) is 5.32 Å². The van der Waals surface area contributed by atoms with E-state index in [0.29, 0.717) is 25.8 Å². The van der Waals surface area contributed by atoms with Crippen molar-refractivity contribution in [1.29, 1.82) is 0 Å². The van der Waals surface area contributed by atoms with Gasteiger partial charge in [0.1, 0.15) is 5.82 Å². The van der Waals surface area contributed by atoms with Gasteiger partial charge in [-0.1, -0.05) is 19.1 Å². The van der Waals surface area contributed by atoms with Crippen LogP contribution >= 0.6 is 0 Å². The minimum atomic E-state index is -0.874. The first-order valence-electron chi connectivity index (χ1n) is 7.48. The van der Waals surface area contributed by atoms with Crippen molar-refractivity contribution in [3.05, 3.63) is 35.6 Å². The van der Waals surface area contributed by atoms with Crippen molar-refractivity contribution in [2.45, 2.75) is 40.0 Å². The molecule has 0 aliphatic rings. The predicted molar refractivity (Wildman–Crippen MR) is 82.9 cm³/mol. The van der Waals surface area contributed by atoms with Crippen LogP contribution in [0.4, 0.5) is 4.39 Å². The third-order valence-corrected chi connectivity index (χ3v) is 3.83. The number of carbonyl (C=O) groups is 2. The van der Waals surface area contributed by atoms with E-state index in [1.54, 1.807) is 19.9 Å². The maximum absolute atomic E-state index is 13.1. The fourth-order valence-electron chi connectivity index (χ4n) is 1.99. The zero-order valence-corrected chi connectivity index (χ0v) is 13.4. The molecule has 2 N–H and O–H groups in total. The highest BCUT2D eigenvalue weighted by Crippen LogP contribution is 2.19. The molecule has 0 aromatic heterocycles. The number of hydrogen-bond acceptors (Lipinski definition) is 2. The second kappa shape index (κ2) is 7.92. The Balaban J connectivity index is 2.35. The lowest BCUT2D eigenvalue weighted by molar-refractivity contribution is -0.147. The van der Waals surface area contributed by atoms with E-state index in [1.165, 1.54) is 12.1 Å². The quantitative estimate of drug-likeness (QED) is 0.776. The molecule has 0 bridgehead atoms. The van der Waals surface area contributed by atoms with Crippen molar-refractivity contribution in [1.82, 2.24) is 5.32 Å². The number of aliphatic carboxylic acids is 1. The van der Waals surface area contributed by atoms with E-state index in [1.807, 2.05) is 13.0 Å². The molecule has 1 aromatic rings. The van der Waals surface area contributed by atoms with Crippen molar-refractivity contribution in [3.63, 3.8) is 0 Å². The number of halogens is 1. The summed E-state index contributed by atoms with van der Waals surface area (Å²) in [6.45, 7) is 5.42. The first-order valence-corrected chi connectivity index (χ1v) is 7.48. The summed E-state index contributed by atoms with van der Waals surface area (Å²) < 4.78 is 13.1. The van der Waals surface area contributed by atoms with Crippen LogP contribution in [0.2, 0.25) is 0 Å². The van der Waals surface area contributed by atoms with Gasteiger partial charge in [0.25, 0.3) is 0 Å². The summed E-state index contributed by atoms with van der Waals surface area (Å²) in [7, 11) is 0. The van der Waals surface area contributed by atoms with Gasteiger partial charge >= 0.3 is 5.97 Å². The van der Waals surface area contributed by atoms with Gasteiger partial charge in [0, 0.05) is 12.5 Å². The van der Waals surface area contributed by atoms with Crippen LogP contribution in [0.3, 0.4) is 0 Å². The fourth-order valence-corrected chi connectivity index (χ4v) is 1.99. The Morgan fingerprint density at radius 3 is 2.64 bits per heavy atom. The molecule has 22 heavy (non-hydrogen) atoms. The van der Waals surface area contributed by atoms with E-state index in [0.717, 1.165) is 5.56 Å². The number of rotatable bonds is 8. The number of amides is 1. The number of nitrogens with one attached hydrogen (secondary N) is 1.